The molecule has 1 atom stereocenters. The number of nitrogens with zero attached hydrogens (tertiary/aromatic N) is 1. The van der Waals surface area contributed by atoms with Crippen LogP contribution in [0.15, 0.2) is 0 Å². The number of urea groups is 1. The van der Waals surface area contributed by atoms with E-state index in [1.54, 1.807) is 4.90 Å². The molecule has 0 aromatic heterocycles. The Bertz CT molecular complexity index is 297. The third kappa shape index (κ3) is 5.81. The summed E-state index contributed by atoms with van der Waals surface area (Å²) in [7, 11) is 0. The summed E-state index contributed by atoms with van der Waals surface area (Å²) in [5.74, 6) is 1.13. The molecule has 0 rings (SSSR count). The molecule has 0 bridgehead atoms. The van der Waals surface area contributed by atoms with Crippen molar-refractivity contribution in [2.45, 2.75) is 39.2 Å². The van der Waals surface area contributed by atoms with Crippen molar-refractivity contribution >= 4 is 12.0 Å². The molecule has 0 aliphatic rings. The molecule has 0 aromatic carbocycles. The zero-order chi connectivity index (χ0) is 13.3. The van der Waals surface area contributed by atoms with Crippen LogP contribution in [0.5, 0.6) is 0 Å². The van der Waals surface area contributed by atoms with Gasteiger partial charge in [-0.1, -0.05) is 13.3 Å². The standard InChI is InChI=1S/C12H20N2O3/c1-4-7-9-14(6-3)12(17)13-10(8-5-2)11(15)16/h2,10H,4,6-9H2,1,3H3,(H,13,17)(H,15,16). The van der Waals surface area contributed by atoms with Crippen LogP contribution in [-0.2, 0) is 4.79 Å². The van der Waals surface area contributed by atoms with E-state index in [9.17, 15) is 9.59 Å². The molecule has 5 nitrogen and oxygen atoms in total. The maximum atomic E-state index is 11.8. The second kappa shape index (κ2) is 8.45. The van der Waals surface area contributed by atoms with Crippen molar-refractivity contribution in [3.63, 3.8) is 0 Å². The number of carbonyl (C=O) groups is 2. The highest BCUT2D eigenvalue weighted by atomic mass is 16.4. The Kier molecular flexibility index (Phi) is 7.61. The molecular weight excluding hydrogens is 220 g/mol. The number of carboxylic acids is 1. The largest absolute Gasteiger partial charge is 0.480 e. The second-order valence-corrected chi connectivity index (χ2v) is 3.68. The lowest BCUT2D eigenvalue weighted by Crippen LogP contribution is -2.48. The average molecular weight is 240 g/mol. The fourth-order valence-electron chi connectivity index (χ4n) is 1.31. The quantitative estimate of drug-likeness (QED) is 0.659. The summed E-state index contributed by atoms with van der Waals surface area (Å²) in [6, 6.07) is -1.38. The molecule has 0 saturated heterocycles. The van der Waals surface area contributed by atoms with Crippen molar-refractivity contribution in [1.29, 1.82) is 0 Å². The molecule has 0 aliphatic carbocycles. The lowest BCUT2D eigenvalue weighted by Gasteiger charge is -2.23. The Morgan fingerprint density at radius 3 is 2.53 bits per heavy atom. The maximum absolute atomic E-state index is 11.8. The molecule has 1 unspecified atom stereocenters. The number of carbonyl (C=O) groups excluding carboxylic acids is 1. The molecule has 0 saturated carbocycles. The summed E-state index contributed by atoms with van der Waals surface area (Å²) in [5.41, 5.74) is 0. The summed E-state index contributed by atoms with van der Waals surface area (Å²) < 4.78 is 0. The van der Waals surface area contributed by atoms with Crippen LogP contribution < -0.4 is 5.32 Å². The Morgan fingerprint density at radius 1 is 1.47 bits per heavy atom. The van der Waals surface area contributed by atoms with Gasteiger partial charge in [0.2, 0.25) is 0 Å². The number of nitrogens with one attached hydrogen (secondary N) is 1. The minimum Gasteiger partial charge on any atom is -0.480 e. The van der Waals surface area contributed by atoms with Crippen LogP contribution in [0.1, 0.15) is 33.1 Å². The van der Waals surface area contributed by atoms with E-state index in [4.69, 9.17) is 11.5 Å². The van der Waals surface area contributed by atoms with Crippen molar-refractivity contribution in [2.24, 2.45) is 0 Å². The van der Waals surface area contributed by atoms with Crippen LogP contribution in [0, 0.1) is 12.3 Å². The summed E-state index contributed by atoms with van der Waals surface area (Å²) >= 11 is 0. The molecule has 0 spiro atoms. The number of aliphatic carboxylic acids is 1. The second-order valence-electron chi connectivity index (χ2n) is 3.68. The van der Waals surface area contributed by atoms with Gasteiger partial charge in [-0.25, -0.2) is 9.59 Å². The van der Waals surface area contributed by atoms with Crippen molar-refractivity contribution in [2.75, 3.05) is 13.1 Å². The third-order valence-electron chi connectivity index (χ3n) is 2.37. The number of carboxylic acid groups (broad SMARTS) is 1. The van der Waals surface area contributed by atoms with Crippen molar-refractivity contribution in [3.8, 4) is 12.3 Å². The van der Waals surface area contributed by atoms with Crippen molar-refractivity contribution in [1.82, 2.24) is 10.2 Å². The lowest BCUT2D eigenvalue weighted by atomic mass is 10.2. The van der Waals surface area contributed by atoms with Gasteiger partial charge >= 0.3 is 12.0 Å². The highest BCUT2D eigenvalue weighted by molar-refractivity contribution is 5.82. The molecule has 96 valence electrons. The van der Waals surface area contributed by atoms with Gasteiger partial charge in [0, 0.05) is 19.5 Å². The number of unbranched alkanes of at least 4 members (excludes halogenated alkanes) is 1. The zero-order valence-electron chi connectivity index (χ0n) is 10.4. The fourth-order valence-corrected chi connectivity index (χ4v) is 1.31. The Balaban J connectivity index is 4.36. The van der Waals surface area contributed by atoms with Gasteiger partial charge in [0.15, 0.2) is 0 Å². The number of hydrogen-bond donors (Lipinski definition) is 2. The summed E-state index contributed by atoms with van der Waals surface area (Å²) in [6.45, 7) is 5.06. The average Bonchev–Trinajstić information content (AvgIpc) is 2.29. The van der Waals surface area contributed by atoms with Gasteiger partial charge in [-0.15, -0.1) is 12.3 Å². The van der Waals surface area contributed by atoms with E-state index in [-0.39, 0.29) is 12.5 Å². The minimum absolute atomic E-state index is 0.00753. The first kappa shape index (κ1) is 15.3. The number of hydrogen-bond acceptors (Lipinski definition) is 2. The van der Waals surface area contributed by atoms with Gasteiger partial charge in [-0.05, 0) is 13.3 Å². The van der Waals surface area contributed by atoms with E-state index in [0.29, 0.717) is 13.1 Å². The zero-order valence-corrected chi connectivity index (χ0v) is 10.4. The molecular formula is C12H20N2O3. The maximum Gasteiger partial charge on any atom is 0.327 e. The van der Waals surface area contributed by atoms with Crippen molar-refractivity contribution in [3.05, 3.63) is 0 Å². The third-order valence-corrected chi connectivity index (χ3v) is 2.37. The van der Waals surface area contributed by atoms with E-state index >= 15 is 0 Å². The number of terminal acetylenes is 1. The van der Waals surface area contributed by atoms with Crippen molar-refractivity contribution < 1.29 is 14.7 Å². The number of rotatable bonds is 7. The van der Waals surface area contributed by atoms with E-state index in [1.807, 2.05) is 13.8 Å². The first-order valence-corrected chi connectivity index (χ1v) is 5.78. The molecule has 2 amide bonds. The molecule has 17 heavy (non-hydrogen) atoms. The van der Waals surface area contributed by atoms with Gasteiger partial charge in [0.25, 0.3) is 0 Å². The summed E-state index contributed by atoms with van der Waals surface area (Å²) in [4.78, 5) is 24.2. The Morgan fingerprint density at radius 2 is 2.12 bits per heavy atom. The number of amides is 2. The van der Waals surface area contributed by atoms with Crippen LogP contribution in [0.25, 0.3) is 0 Å². The molecule has 0 aromatic rings. The monoisotopic (exact) mass is 240 g/mol. The van der Waals surface area contributed by atoms with Crippen LogP contribution in [0.3, 0.4) is 0 Å². The summed E-state index contributed by atoms with van der Waals surface area (Å²) in [5, 5.41) is 11.3. The Hall–Kier alpha value is -1.70. The predicted molar refractivity (Wildman–Crippen MR) is 65.6 cm³/mol. The first-order valence-electron chi connectivity index (χ1n) is 5.78. The smallest absolute Gasteiger partial charge is 0.327 e. The van der Waals surface area contributed by atoms with Gasteiger partial charge in [-0.3, -0.25) is 0 Å². The first-order chi connectivity index (χ1) is 8.06. The minimum atomic E-state index is -1.11. The molecule has 5 heteroatoms. The highest BCUT2D eigenvalue weighted by Gasteiger charge is 2.21. The normalized spacial score (nSPS) is 11.4. The van der Waals surface area contributed by atoms with Crippen LogP contribution in [0.2, 0.25) is 0 Å². The Labute approximate surface area is 102 Å². The molecule has 2 N–H and O–H groups in total. The van der Waals surface area contributed by atoms with E-state index in [2.05, 4.69) is 11.2 Å². The van der Waals surface area contributed by atoms with Crippen LogP contribution >= 0.6 is 0 Å². The molecule has 0 aliphatic heterocycles. The molecule has 0 heterocycles. The van der Waals surface area contributed by atoms with E-state index in [0.717, 1.165) is 12.8 Å². The summed E-state index contributed by atoms with van der Waals surface area (Å²) in [6.07, 6.45) is 6.93. The van der Waals surface area contributed by atoms with Gasteiger partial charge < -0.3 is 15.3 Å². The van der Waals surface area contributed by atoms with E-state index in [1.165, 1.54) is 0 Å². The van der Waals surface area contributed by atoms with Crippen LogP contribution in [0.4, 0.5) is 4.79 Å². The predicted octanol–water partition coefficient (Wildman–Crippen LogP) is 1.29. The molecule has 0 radical (unpaired) electrons. The topological polar surface area (TPSA) is 69.6 Å². The van der Waals surface area contributed by atoms with Crippen LogP contribution in [-0.4, -0.2) is 41.1 Å². The SMILES string of the molecule is C#CCC(NC(=O)N(CC)CCCC)C(=O)O. The molecule has 0 fully saturated rings. The fraction of sp³-hybridized carbons (Fsp3) is 0.667. The van der Waals surface area contributed by atoms with Gasteiger partial charge in [0.05, 0.1) is 0 Å². The van der Waals surface area contributed by atoms with Gasteiger partial charge in [-0.2, -0.15) is 0 Å². The highest BCUT2D eigenvalue weighted by Crippen LogP contribution is 1.98. The van der Waals surface area contributed by atoms with E-state index < -0.39 is 12.0 Å². The van der Waals surface area contributed by atoms with Gasteiger partial charge in [0.1, 0.15) is 6.04 Å². The lowest BCUT2D eigenvalue weighted by molar-refractivity contribution is -0.139.